The second-order valence-electron chi connectivity index (χ2n) is 1.84. The monoisotopic (exact) mass is 170 g/mol. The molecule has 0 N–H and O–H groups in total. The Kier molecular flexibility index (Phi) is 5.06. The van der Waals surface area contributed by atoms with Crippen LogP contribution in [0.5, 0.6) is 0 Å². The molecule has 0 aliphatic carbocycles. The number of benzene rings is 1. The van der Waals surface area contributed by atoms with E-state index in [0.29, 0.717) is 0 Å². The molecule has 0 saturated carbocycles. The second-order valence-corrected chi connectivity index (χ2v) is 3.36. The van der Waals surface area contributed by atoms with Gasteiger partial charge < -0.3 is 0 Å². The summed E-state index contributed by atoms with van der Waals surface area (Å²) < 4.78 is 0. The molecule has 46 valence electrons. The molecule has 0 fully saturated rings. The number of hydrogen-bond donors (Lipinski definition) is 0. The van der Waals surface area contributed by atoms with Gasteiger partial charge in [0.1, 0.15) is 0 Å². The van der Waals surface area contributed by atoms with Gasteiger partial charge in [-0.15, -0.1) is 0 Å². The summed E-state index contributed by atoms with van der Waals surface area (Å²) in [5, 5.41) is 1.55. The summed E-state index contributed by atoms with van der Waals surface area (Å²) in [4.78, 5) is 0. The van der Waals surface area contributed by atoms with Gasteiger partial charge in [-0.3, -0.25) is 0 Å². The van der Waals surface area contributed by atoms with Gasteiger partial charge in [-0.2, -0.15) is 0 Å². The summed E-state index contributed by atoms with van der Waals surface area (Å²) in [7, 11) is 0.0913. The first-order chi connectivity index (χ1) is 3.93. The normalized spacial score (nSPS) is 9.44. The Bertz CT molecular complexity index is 150. The van der Waals surface area contributed by atoms with Crippen molar-refractivity contribution in [3.63, 3.8) is 0 Å². The van der Waals surface area contributed by atoms with E-state index in [9.17, 15) is 0 Å². The second kappa shape index (κ2) is 4.98. The Morgan fingerprint density at radius 1 is 1.11 bits per heavy atom. The zero-order valence-electron chi connectivity index (χ0n) is 5.59. The number of hydrogen-bond acceptors (Lipinski definition) is 0. The van der Waals surface area contributed by atoms with Crippen molar-refractivity contribution in [1.29, 1.82) is 0 Å². The minimum absolute atomic E-state index is 0. The van der Waals surface area contributed by atoms with Gasteiger partial charge in [0.15, 0.2) is 0 Å². The average Bonchev–Trinajstić information content (AvgIpc) is 1.90. The van der Waals surface area contributed by atoms with E-state index in [1.54, 1.807) is 5.19 Å². The van der Waals surface area contributed by atoms with Crippen LogP contribution in [0.1, 0.15) is 0 Å². The largest absolute Gasteiger partial charge is 0.0708 e. The van der Waals surface area contributed by atoms with Gasteiger partial charge in [0.05, 0.1) is 9.52 Å². The van der Waals surface area contributed by atoms with Crippen molar-refractivity contribution in [2.24, 2.45) is 0 Å². The molecular formula is C7H10SiTi. The molecule has 0 aromatic heterocycles. The Morgan fingerprint density at radius 2 is 1.67 bits per heavy atom. The molecule has 1 aromatic rings. The van der Waals surface area contributed by atoms with Crippen LogP contribution in [0.2, 0.25) is 6.55 Å². The molecule has 0 spiro atoms. The minimum Gasteiger partial charge on any atom is -0.0708 e. The summed E-state index contributed by atoms with van der Waals surface area (Å²) in [5.74, 6) is 0. The molecule has 0 radical (unpaired) electrons. The molecule has 0 nitrogen and oxygen atoms in total. The molecule has 0 unspecified atom stereocenters. The molecule has 0 aliphatic heterocycles. The van der Waals surface area contributed by atoms with Crippen LogP contribution in [0.25, 0.3) is 0 Å². The van der Waals surface area contributed by atoms with E-state index in [1.807, 2.05) is 0 Å². The fourth-order valence-corrected chi connectivity index (χ4v) is 1.46. The fourth-order valence-electron chi connectivity index (χ4n) is 0.714. The van der Waals surface area contributed by atoms with Crippen molar-refractivity contribution in [1.82, 2.24) is 0 Å². The molecule has 1 rings (SSSR count). The van der Waals surface area contributed by atoms with Crippen LogP contribution in [0.15, 0.2) is 30.3 Å². The Labute approximate surface area is 73.4 Å². The third-order valence-electron chi connectivity index (χ3n) is 1.25. The van der Waals surface area contributed by atoms with Crippen molar-refractivity contribution < 1.29 is 21.7 Å². The molecule has 0 saturated heterocycles. The number of rotatable bonds is 1. The first kappa shape index (κ1) is 9.15. The SMILES string of the molecule is C[SiH2]c1ccccc1.[Ti]. The van der Waals surface area contributed by atoms with Crippen molar-refractivity contribution in [2.45, 2.75) is 6.55 Å². The molecule has 0 amide bonds. The summed E-state index contributed by atoms with van der Waals surface area (Å²) >= 11 is 0. The maximum Gasteiger partial charge on any atom is 0.0516 e. The van der Waals surface area contributed by atoms with Crippen LogP contribution in [-0.4, -0.2) is 9.52 Å². The Balaban J connectivity index is 0.000000640. The van der Waals surface area contributed by atoms with E-state index in [-0.39, 0.29) is 31.2 Å². The predicted molar refractivity (Wildman–Crippen MR) is 40.5 cm³/mol. The zero-order valence-corrected chi connectivity index (χ0v) is 8.57. The summed E-state index contributed by atoms with van der Waals surface area (Å²) in [5.41, 5.74) is 0. The van der Waals surface area contributed by atoms with E-state index < -0.39 is 0 Å². The van der Waals surface area contributed by atoms with Crippen LogP contribution in [-0.2, 0) is 21.7 Å². The van der Waals surface area contributed by atoms with Crippen LogP contribution >= 0.6 is 0 Å². The van der Waals surface area contributed by atoms with E-state index in [0.717, 1.165) is 0 Å². The van der Waals surface area contributed by atoms with Crippen LogP contribution in [0, 0.1) is 0 Å². The van der Waals surface area contributed by atoms with E-state index in [2.05, 4.69) is 36.9 Å². The quantitative estimate of drug-likeness (QED) is 0.539. The van der Waals surface area contributed by atoms with E-state index in [1.165, 1.54) is 0 Å². The van der Waals surface area contributed by atoms with Gasteiger partial charge in [0, 0.05) is 21.7 Å². The van der Waals surface area contributed by atoms with Crippen molar-refractivity contribution in [3.8, 4) is 0 Å². The predicted octanol–water partition coefficient (Wildman–Crippen LogP) is 0.526. The van der Waals surface area contributed by atoms with Crippen LogP contribution in [0.4, 0.5) is 0 Å². The summed E-state index contributed by atoms with van der Waals surface area (Å²) in [6.45, 7) is 2.30. The molecule has 0 aliphatic rings. The molecule has 0 heterocycles. The zero-order chi connectivity index (χ0) is 5.82. The first-order valence-corrected chi connectivity index (χ1v) is 5.09. The molecule has 0 atom stereocenters. The van der Waals surface area contributed by atoms with E-state index in [4.69, 9.17) is 0 Å². The summed E-state index contributed by atoms with van der Waals surface area (Å²) in [6.07, 6.45) is 0. The van der Waals surface area contributed by atoms with Crippen molar-refractivity contribution in [3.05, 3.63) is 30.3 Å². The van der Waals surface area contributed by atoms with Gasteiger partial charge in [0.2, 0.25) is 0 Å². The van der Waals surface area contributed by atoms with Gasteiger partial charge in [-0.25, -0.2) is 0 Å². The van der Waals surface area contributed by atoms with Gasteiger partial charge in [-0.05, 0) is 0 Å². The first-order valence-electron chi connectivity index (χ1n) is 2.97. The third-order valence-corrected chi connectivity index (χ3v) is 2.54. The topological polar surface area (TPSA) is 0 Å². The fraction of sp³-hybridized carbons (Fsp3) is 0.143. The van der Waals surface area contributed by atoms with Crippen LogP contribution < -0.4 is 5.19 Å². The summed E-state index contributed by atoms with van der Waals surface area (Å²) in [6, 6.07) is 10.7. The Hall–Kier alpha value is 0.151. The average molecular weight is 170 g/mol. The maximum atomic E-state index is 2.30. The molecular weight excluding hydrogens is 160 g/mol. The van der Waals surface area contributed by atoms with Gasteiger partial charge in [0.25, 0.3) is 0 Å². The Morgan fingerprint density at radius 3 is 2.00 bits per heavy atom. The van der Waals surface area contributed by atoms with Gasteiger partial charge >= 0.3 is 0 Å². The molecule has 2 heteroatoms. The minimum atomic E-state index is 0. The van der Waals surface area contributed by atoms with Crippen molar-refractivity contribution >= 4 is 14.7 Å². The molecule has 1 aromatic carbocycles. The molecule has 9 heavy (non-hydrogen) atoms. The van der Waals surface area contributed by atoms with Crippen LogP contribution in [0.3, 0.4) is 0 Å². The maximum absolute atomic E-state index is 2.30. The smallest absolute Gasteiger partial charge is 0.0516 e. The third kappa shape index (κ3) is 2.99. The standard InChI is InChI=1S/C7H10Si.Ti/c1-8-7-5-3-2-4-6-7;/h2-6H,8H2,1H3;. The van der Waals surface area contributed by atoms with Gasteiger partial charge in [-0.1, -0.05) is 42.1 Å². The van der Waals surface area contributed by atoms with E-state index >= 15 is 0 Å². The molecule has 0 bridgehead atoms. The van der Waals surface area contributed by atoms with Crippen molar-refractivity contribution in [2.75, 3.05) is 0 Å².